The number of amides is 1. The smallest absolute Gasteiger partial charge is 0.227 e. The van der Waals surface area contributed by atoms with Crippen molar-refractivity contribution in [2.75, 3.05) is 13.1 Å². The summed E-state index contributed by atoms with van der Waals surface area (Å²) >= 11 is 5.15. The van der Waals surface area contributed by atoms with Crippen molar-refractivity contribution in [1.82, 2.24) is 19.7 Å². The van der Waals surface area contributed by atoms with Crippen LogP contribution < -0.4 is 0 Å². The maximum Gasteiger partial charge on any atom is 0.227 e. The second kappa shape index (κ2) is 6.62. The van der Waals surface area contributed by atoms with E-state index in [1.54, 1.807) is 23.1 Å². The summed E-state index contributed by atoms with van der Waals surface area (Å²) in [5, 5.41) is 7.07. The molecule has 1 N–H and O–H groups in total. The number of aromatic amines is 1. The predicted octanol–water partition coefficient (Wildman–Crippen LogP) is 2.57. The molecule has 1 amide bonds. The zero-order valence-electron chi connectivity index (χ0n) is 13.0. The fourth-order valence-electron chi connectivity index (χ4n) is 3.06. The first-order valence-electron chi connectivity index (χ1n) is 7.68. The lowest BCUT2D eigenvalue weighted by atomic mass is 9.96. The number of carbonyl (C=O) groups excluding carboxylic acids is 1. The molecule has 1 atom stereocenters. The Labute approximate surface area is 139 Å². The first kappa shape index (κ1) is 15.9. The first-order chi connectivity index (χ1) is 11.1. The van der Waals surface area contributed by atoms with Gasteiger partial charge in [-0.2, -0.15) is 5.10 Å². The molecule has 7 heteroatoms. The molecule has 0 saturated carbocycles. The van der Waals surface area contributed by atoms with E-state index in [0.717, 1.165) is 18.7 Å². The van der Waals surface area contributed by atoms with E-state index in [1.807, 2.05) is 11.6 Å². The van der Waals surface area contributed by atoms with Crippen LogP contribution in [0.4, 0.5) is 4.39 Å². The van der Waals surface area contributed by atoms with Crippen molar-refractivity contribution in [3.05, 3.63) is 46.2 Å². The molecule has 1 aliphatic rings. The Balaban J connectivity index is 1.71. The van der Waals surface area contributed by atoms with E-state index in [2.05, 4.69) is 10.2 Å². The number of hydrogen-bond donors (Lipinski definition) is 1. The van der Waals surface area contributed by atoms with Crippen molar-refractivity contribution in [3.8, 4) is 0 Å². The molecule has 122 valence electrons. The van der Waals surface area contributed by atoms with Crippen LogP contribution in [-0.2, 0) is 18.3 Å². The Bertz CT molecular complexity index is 769. The summed E-state index contributed by atoms with van der Waals surface area (Å²) in [7, 11) is 1.88. The summed E-state index contributed by atoms with van der Waals surface area (Å²) < 4.78 is 16.1. The van der Waals surface area contributed by atoms with Crippen molar-refractivity contribution in [2.45, 2.75) is 25.2 Å². The van der Waals surface area contributed by atoms with E-state index < -0.39 is 0 Å². The number of halogens is 1. The highest BCUT2D eigenvalue weighted by atomic mass is 32.1. The molecular formula is C16H19FN4OS. The molecule has 1 fully saturated rings. The maximum atomic E-state index is 13.7. The highest BCUT2D eigenvalue weighted by Crippen LogP contribution is 2.25. The quantitative estimate of drug-likeness (QED) is 0.878. The van der Waals surface area contributed by atoms with Crippen LogP contribution in [0.15, 0.2) is 24.3 Å². The normalized spacial score (nSPS) is 18.2. The minimum absolute atomic E-state index is 0.0448. The van der Waals surface area contributed by atoms with Gasteiger partial charge in [-0.1, -0.05) is 18.2 Å². The minimum atomic E-state index is -0.330. The van der Waals surface area contributed by atoms with Crippen molar-refractivity contribution in [3.63, 3.8) is 0 Å². The second-order valence-corrected chi connectivity index (χ2v) is 6.28. The van der Waals surface area contributed by atoms with Gasteiger partial charge in [0.1, 0.15) is 11.6 Å². The van der Waals surface area contributed by atoms with Gasteiger partial charge in [0.25, 0.3) is 0 Å². The third kappa shape index (κ3) is 3.34. The Morgan fingerprint density at radius 3 is 2.96 bits per heavy atom. The van der Waals surface area contributed by atoms with Gasteiger partial charge < -0.3 is 9.47 Å². The number of benzene rings is 1. The largest absolute Gasteiger partial charge is 0.342 e. The zero-order valence-corrected chi connectivity index (χ0v) is 13.8. The third-order valence-electron chi connectivity index (χ3n) is 4.35. The van der Waals surface area contributed by atoms with E-state index in [9.17, 15) is 9.18 Å². The van der Waals surface area contributed by atoms with E-state index >= 15 is 0 Å². The van der Waals surface area contributed by atoms with Crippen LogP contribution in [0.5, 0.6) is 0 Å². The Kier molecular flexibility index (Phi) is 4.56. The molecule has 0 bridgehead atoms. The molecule has 2 heterocycles. The summed E-state index contributed by atoms with van der Waals surface area (Å²) in [4.78, 5) is 14.3. The number of piperidine rings is 1. The molecule has 0 spiro atoms. The standard InChI is InChI=1S/C16H19FN4OS/c1-20-15(18-19-16(20)23)12-6-4-8-21(10-12)14(22)9-11-5-2-3-7-13(11)17/h2-3,5,7,12H,4,6,8-10H2,1H3,(H,19,23)/t12-/m1/s1. The lowest BCUT2D eigenvalue weighted by Gasteiger charge is -2.32. The van der Waals surface area contributed by atoms with Crippen molar-refractivity contribution >= 4 is 18.1 Å². The highest BCUT2D eigenvalue weighted by molar-refractivity contribution is 7.71. The van der Waals surface area contributed by atoms with Crippen molar-refractivity contribution in [1.29, 1.82) is 0 Å². The second-order valence-electron chi connectivity index (χ2n) is 5.89. The van der Waals surface area contributed by atoms with Crippen molar-refractivity contribution in [2.24, 2.45) is 7.05 Å². The number of carbonyl (C=O) groups is 1. The maximum absolute atomic E-state index is 13.7. The van der Waals surface area contributed by atoms with E-state index in [1.165, 1.54) is 6.07 Å². The number of H-pyrrole nitrogens is 1. The van der Waals surface area contributed by atoms with Crippen LogP contribution in [0, 0.1) is 10.6 Å². The SMILES string of the molecule is Cn1c([C@@H]2CCCN(C(=O)Cc3ccccc3F)C2)n[nH]c1=S. The van der Waals surface area contributed by atoms with E-state index in [4.69, 9.17) is 12.2 Å². The molecule has 0 unspecified atom stereocenters. The lowest BCUT2D eigenvalue weighted by molar-refractivity contribution is -0.131. The average molecular weight is 334 g/mol. The van der Waals surface area contributed by atoms with Gasteiger partial charge in [-0.25, -0.2) is 4.39 Å². The number of aromatic nitrogens is 3. The van der Waals surface area contributed by atoms with Gasteiger partial charge in [0.15, 0.2) is 4.77 Å². The van der Waals surface area contributed by atoms with E-state index in [-0.39, 0.29) is 24.1 Å². The first-order valence-corrected chi connectivity index (χ1v) is 8.09. The Hall–Kier alpha value is -2.02. The number of nitrogens with one attached hydrogen (secondary N) is 1. The summed E-state index contributed by atoms with van der Waals surface area (Å²) in [6.45, 7) is 1.30. The van der Waals surface area contributed by atoms with Crippen LogP contribution in [0.1, 0.15) is 30.1 Å². The van der Waals surface area contributed by atoms with Gasteiger partial charge in [0.2, 0.25) is 5.91 Å². The van der Waals surface area contributed by atoms with Crippen LogP contribution in [0.3, 0.4) is 0 Å². The summed E-state index contributed by atoms with van der Waals surface area (Å²) in [6, 6.07) is 6.42. The van der Waals surface area contributed by atoms with Crippen LogP contribution >= 0.6 is 12.2 Å². The summed E-state index contributed by atoms with van der Waals surface area (Å²) in [5.41, 5.74) is 0.442. The molecule has 5 nitrogen and oxygen atoms in total. The minimum Gasteiger partial charge on any atom is -0.342 e. The van der Waals surface area contributed by atoms with Gasteiger partial charge >= 0.3 is 0 Å². The monoisotopic (exact) mass is 334 g/mol. The molecule has 2 aromatic rings. The molecule has 1 saturated heterocycles. The highest BCUT2D eigenvalue weighted by Gasteiger charge is 2.27. The fourth-order valence-corrected chi connectivity index (χ4v) is 3.19. The number of likely N-dealkylation sites (tertiary alicyclic amines) is 1. The van der Waals surface area contributed by atoms with Crippen LogP contribution in [0.25, 0.3) is 0 Å². The molecule has 1 aromatic heterocycles. The number of rotatable bonds is 3. The summed E-state index contributed by atoms with van der Waals surface area (Å²) in [5.74, 6) is 0.658. The third-order valence-corrected chi connectivity index (χ3v) is 4.72. The molecular weight excluding hydrogens is 315 g/mol. The Morgan fingerprint density at radius 1 is 1.48 bits per heavy atom. The zero-order chi connectivity index (χ0) is 16.4. The topological polar surface area (TPSA) is 53.9 Å². The molecule has 1 aliphatic heterocycles. The van der Waals surface area contributed by atoms with Gasteiger partial charge in [0.05, 0.1) is 6.42 Å². The fraction of sp³-hybridized carbons (Fsp3) is 0.438. The molecule has 0 aliphatic carbocycles. The van der Waals surface area contributed by atoms with Gasteiger partial charge in [-0.15, -0.1) is 0 Å². The number of nitrogens with zero attached hydrogens (tertiary/aromatic N) is 3. The lowest BCUT2D eigenvalue weighted by Crippen LogP contribution is -2.40. The molecule has 23 heavy (non-hydrogen) atoms. The average Bonchev–Trinajstić information content (AvgIpc) is 2.89. The van der Waals surface area contributed by atoms with Crippen molar-refractivity contribution < 1.29 is 9.18 Å². The van der Waals surface area contributed by atoms with Gasteiger partial charge in [0, 0.05) is 26.1 Å². The Morgan fingerprint density at radius 2 is 2.26 bits per heavy atom. The van der Waals surface area contributed by atoms with Crippen LogP contribution in [-0.4, -0.2) is 38.7 Å². The summed E-state index contributed by atoms with van der Waals surface area (Å²) in [6.07, 6.45) is 1.97. The molecule has 3 rings (SSSR count). The van der Waals surface area contributed by atoms with E-state index in [0.29, 0.717) is 23.4 Å². The van der Waals surface area contributed by atoms with Gasteiger partial charge in [-0.3, -0.25) is 9.89 Å². The number of hydrogen-bond acceptors (Lipinski definition) is 3. The molecule has 0 radical (unpaired) electrons. The van der Waals surface area contributed by atoms with Crippen LogP contribution in [0.2, 0.25) is 0 Å². The predicted molar refractivity (Wildman–Crippen MR) is 87.1 cm³/mol. The van der Waals surface area contributed by atoms with Gasteiger partial charge in [-0.05, 0) is 36.7 Å². The molecule has 1 aromatic carbocycles.